The van der Waals surface area contributed by atoms with Crippen LogP contribution < -0.4 is 5.32 Å². The third kappa shape index (κ3) is 4.83. The first-order valence-corrected chi connectivity index (χ1v) is 8.57. The topological polar surface area (TPSA) is 58.6 Å². The lowest BCUT2D eigenvalue weighted by molar-refractivity contribution is -0.144. The van der Waals surface area contributed by atoms with Gasteiger partial charge in [-0.3, -0.25) is 9.59 Å². The number of hydrogen-bond acceptors (Lipinski definition) is 4. The summed E-state index contributed by atoms with van der Waals surface area (Å²) >= 11 is 0. The van der Waals surface area contributed by atoms with Gasteiger partial charge in [-0.1, -0.05) is 20.8 Å². The monoisotopic (exact) mass is 346 g/mol. The molecule has 0 bridgehead atoms. The van der Waals surface area contributed by atoms with Gasteiger partial charge in [-0.2, -0.15) is 0 Å². The second-order valence-corrected chi connectivity index (χ2v) is 7.19. The van der Waals surface area contributed by atoms with Crippen LogP contribution in [0.3, 0.4) is 0 Å². The molecule has 1 aliphatic heterocycles. The van der Waals surface area contributed by atoms with E-state index >= 15 is 0 Å². The summed E-state index contributed by atoms with van der Waals surface area (Å²) in [6.07, 6.45) is 5.20. The van der Waals surface area contributed by atoms with E-state index in [0.29, 0.717) is 19.0 Å². The zero-order valence-electron chi connectivity index (χ0n) is 14.7. The molecule has 1 saturated carbocycles. The van der Waals surface area contributed by atoms with Crippen LogP contribution >= 0.6 is 12.4 Å². The quantitative estimate of drug-likeness (QED) is 0.794. The van der Waals surface area contributed by atoms with Crippen LogP contribution in [0.1, 0.15) is 52.9 Å². The SMILES string of the molecule is COC(=O)[C@@H]1C[C@H](N(C(=O)C(C)C)C2CCC(C)CC2)CN1.Cl. The smallest absolute Gasteiger partial charge is 0.322 e. The Morgan fingerprint density at radius 1 is 1.13 bits per heavy atom. The molecule has 0 unspecified atom stereocenters. The Kier molecular flexibility index (Phi) is 7.81. The zero-order chi connectivity index (χ0) is 16.3. The molecule has 2 fully saturated rings. The van der Waals surface area contributed by atoms with E-state index in [1.165, 1.54) is 20.0 Å². The average molecular weight is 347 g/mol. The van der Waals surface area contributed by atoms with Crippen molar-refractivity contribution in [2.24, 2.45) is 11.8 Å². The van der Waals surface area contributed by atoms with Crippen molar-refractivity contribution in [3.05, 3.63) is 0 Å². The minimum atomic E-state index is -0.278. The maximum atomic E-state index is 12.7. The lowest BCUT2D eigenvalue weighted by Gasteiger charge is -2.40. The number of esters is 1. The average Bonchev–Trinajstić information content (AvgIpc) is 2.98. The third-order valence-corrected chi connectivity index (χ3v) is 5.11. The summed E-state index contributed by atoms with van der Waals surface area (Å²) in [6, 6.07) is 0.159. The Bertz CT molecular complexity index is 409. The van der Waals surface area contributed by atoms with Gasteiger partial charge >= 0.3 is 5.97 Å². The number of amides is 1. The van der Waals surface area contributed by atoms with Gasteiger partial charge in [0.25, 0.3) is 0 Å². The second kappa shape index (κ2) is 8.88. The molecule has 1 N–H and O–H groups in total. The molecule has 5 nitrogen and oxygen atoms in total. The van der Waals surface area contributed by atoms with Gasteiger partial charge in [0.05, 0.1) is 7.11 Å². The Balaban J connectivity index is 0.00000264. The maximum Gasteiger partial charge on any atom is 0.322 e. The largest absolute Gasteiger partial charge is 0.468 e. The van der Waals surface area contributed by atoms with Gasteiger partial charge in [-0.25, -0.2) is 0 Å². The number of hydrogen-bond donors (Lipinski definition) is 1. The number of carbonyl (C=O) groups excluding carboxylic acids is 2. The summed E-state index contributed by atoms with van der Waals surface area (Å²) in [6.45, 7) is 6.89. The summed E-state index contributed by atoms with van der Waals surface area (Å²) < 4.78 is 4.82. The van der Waals surface area contributed by atoms with E-state index in [4.69, 9.17) is 4.74 Å². The first kappa shape index (κ1) is 20.2. The molecule has 134 valence electrons. The van der Waals surface area contributed by atoms with Crippen molar-refractivity contribution in [2.75, 3.05) is 13.7 Å². The van der Waals surface area contributed by atoms with Crippen LogP contribution in [0.15, 0.2) is 0 Å². The van der Waals surface area contributed by atoms with Crippen LogP contribution in [0.4, 0.5) is 0 Å². The van der Waals surface area contributed by atoms with Gasteiger partial charge in [0.1, 0.15) is 6.04 Å². The molecule has 2 atom stereocenters. The molecule has 0 aromatic rings. The molecule has 1 heterocycles. The summed E-state index contributed by atoms with van der Waals surface area (Å²) in [7, 11) is 1.41. The highest BCUT2D eigenvalue weighted by molar-refractivity contribution is 5.85. The minimum absolute atomic E-state index is 0. The number of halogens is 1. The minimum Gasteiger partial charge on any atom is -0.468 e. The Hall–Kier alpha value is -0.810. The molecule has 2 rings (SSSR count). The van der Waals surface area contributed by atoms with E-state index < -0.39 is 0 Å². The summed E-state index contributed by atoms with van der Waals surface area (Å²) in [5, 5.41) is 3.21. The Morgan fingerprint density at radius 2 is 1.74 bits per heavy atom. The normalized spacial score (nSPS) is 30.7. The van der Waals surface area contributed by atoms with Gasteiger partial charge in [-0.15, -0.1) is 12.4 Å². The van der Waals surface area contributed by atoms with E-state index in [0.717, 1.165) is 18.8 Å². The molecule has 23 heavy (non-hydrogen) atoms. The molecule has 1 amide bonds. The van der Waals surface area contributed by atoms with E-state index in [-0.39, 0.29) is 42.3 Å². The highest BCUT2D eigenvalue weighted by Crippen LogP contribution is 2.31. The lowest BCUT2D eigenvalue weighted by Crippen LogP contribution is -2.50. The number of methoxy groups -OCH3 is 1. The summed E-state index contributed by atoms with van der Waals surface area (Å²) in [5.74, 6) is 0.752. The van der Waals surface area contributed by atoms with Gasteiger partial charge in [0.2, 0.25) is 5.91 Å². The molecule has 2 aliphatic rings. The molecule has 6 heteroatoms. The van der Waals surface area contributed by atoms with Crippen molar-refractivity contribution in [1.29, 1.82) is 0 Å². The van der Waals surface area contributed by atoms with Crippen molar-refractivity contribution in [3.63, 3.8) is 0 Å². The van der Waals surface area contributed by atoms with Crippen molar-refractivity contribution in [2.45, 2.75) is 71.0 Å². The molecule has 0 radical (unpaired) electrons. The number of rotatable bonds is 4. The van der Waals surface area contributed by atoms with Crippen molar-refractivity contribution < 1.29 is 14.3 Å². The standard InChI is InChI=1S/C17H30N2O3.ClH/c1-11(2)16(20)19(13-7-5-12(3)6-8-13)14-9-15(18-10-14)17(21)22-4;/h11-15,18H,5-10H2,1-4H3;1H/t12?,13?,14-,15-;/m0./s1. The fourth-order valence-electron chi connectivity index (χ4n) is 3.73. The molecular weight excluding hydrogens is 316 g/mol. The van der Waals surface area contributed by atoms with Gasteiger partial charge in [0, 0.05) is 24.5 Å². The molecule has 1 saturated heterocycles. The van der Waals surface area contributed by atoms with Gasteiger partial charge in [0.15, 0.2) is 0 Å². The third-order valence-electron chi connectivity index (χ3n) is 5.11. The van der Waals surface area contributed by atoms with E-state index in [1.807, 2.05) is 13.8 Å². The Morgan fingerprint density at radius 3 is 2.26 bits per heavy atom. The highest BCUT2D eigenvalue weighted by Gasteiger charge is 2.39. The van der Waals surface area contributed by atoms with Gasteiger partial charge < -0.3 is 15.0 Å². The molecule has 0 aromatic heterocycles. The fourth-order valence-corrected chi connectivity index (χ4v) is 3.73. The van der Waals surface area contributed by atoms with Crippen LogP contribution in [0.5, 0.6) is 0 Å². The second-order valence-electron chi connectivity index (χ2n) is 7.19. The van der Waals surface area contributed by atoms with Crippen LogP contribution in [0.2, 0.25) is 0 Å². The molecule has 0 spiro atoms. The number of nitrogens with one attached hydrogen (secondary N) is 1. The first-order chi connectivity index (χ1) is 10.4. The van der Waals surface area contributed by atoms with Crippen LogP contribution in [0, 0.1) is 11.8 Å². The Labute approximate surface area is 145 Å². The molecule has 0 aromatic carbocycles. The zero-order valence-corrected chi connectivity index (χ0v) is 15.5. The van der Waals surface area contributed by atoms with E-state index in [2.05, 4.69) is 17.1 Å². The maximum absolute atomic E-state index is 12.7. The van der Waals surface area contributed by atoms with Crippen LogP contribution in [-0.2, 0) is 14.3 Å². The van der Waals surface area contributed by atoms with E-state index in [9.17, 15) is 9.59 Å². The summed E-state index contributed by atoms with van der Waals surface area (Å²) in [5.41, 5.74) is 0. The fraction of sp³-hybridized carbons (Fsp3) is 0.882. The number of carbonyl (C=O) groups is 2. The van der Waals surface area contributed by atoms with Crippen molar-refractivity contribution in [1.82, 2.24) is 10.2 Å². The van der Waals surface area contributed by atoms with Crippen LogP contribution in [0.25, 0.3) is 0 Å². The highest BCUT2D eigenvalue weighted by atomic mass is 35.5. The number of ether oxygens (including phenoxy) is 1. The molecule has 1 aliphatic carbocycles. The lowest BCUT2D eigenvalue weighted by atomic mass is 9.85. The van der Waals surface area contributed by atoms with Crippen molar-refractivity contribution in [3.8, 4) is 0 Å². The van der Waals surface area contributed by atoms with Crippen LogP contribution in [-0.4, -0.2) is 48.6 Å². The number of nitrogens with zero attached hydrogens (tertiary/aromatic N) is 1. The predicted molar refractivity (Wildman–Crippen MR) is 92.6 cm³/mol. The summed E-state index contributed by atoms with van der Waals surface area (Å²) in [4.78, 5) is 26.5. The first-order valence-electron chi connectivity index (χ1n) is 8.57. The van der Waals surface area contributed by atoms with E-state index in [1.54, 1.807) is 0 Å². The predicted octanol–water partition coefficient (Wildman–Crippen LogP) is 2.37. The molecular formula is C17H31ClN2O3. The van der Waals surface area contributed by atoms with Gasteiger partial charge in [-0.05, 0) is 38.0 Å². The van der Waals surface area contributed by atoms with Crippen molar-refractivity contribution >= 4 is 24.3 Å².